The van der Waals surface area contributed by atoms with Crippen LogP contribution in [0.2, 0.25) is 0 Å². The number of rotatable bonds is 3. The van der Waals surface area contributed by atoms with Crippen LogP contribution in [-0.2, 0) is 11.3 Å². The third-order valence-electron chi connectivity index (χ3n) is 2.46. The molecule has 0 spiro atoms. The Bertz CT molecular complexity index is 594. The van der Waals surface area contributed by atoms with Gasteiger partial charge in [-0.3, -0.25) is 4.98 Å². The van der Waals surface area contributed by atoms with E-state index in [2.05, 4.69) is 4.98 Å². The Morgan fingerprint density at radius 2 is 2.11 bits per heavy atom. The number of carbonyl (C=O) groups is 1. The minimum Gasteiger partial charge on any atom is -0.457 e. The van der Waals surface area contributed by atoms with Gasteiger partial charge in [-0.05, 0) is 36.8 Å². The average molecular weight is 260 g/mol. The van der Waals surface area contributed by atoms with Gasteiger partial charge in [0.05, 0.1) is 5.56 Å². The number of esters is 1. The number of hydrogen-bond acceptors (Lipinski definition) is 4. The first-order valence-electron chi connectivity index (χ1n) is 5.68. The van der Waals surface area contributed by atoms with Crippen LogP contribution in [0, 0.1) is 12.7 Å². The van der Waals surface area contributed by atoms with Crippen LogP contribution in [0.3, 0.4) is 0 Å². The SMILES string of the molecule is Cc1cncc(COC(=O)c2cc(N)cc(F)c2)c1. The number of hydrogen-bond donors (Lipinski definition) is 1. The monoisotopic (exact) mass is 260 g/mol. The van der Waals surface area contributed by atoms with Gasteiger partial charge in [-0.2, -0.15) is 0 Å². The maximum absolute atomic E-state index is 13.1. The fourth-order valence-corrected chi connectivity index (χ4v) is 1.66. The van der Waals surface area contributed by atoms with Gasteiger partial charge < -0.3 is 10.5 Å². The van der Waals surface area contributed by atoms with Crippen molar-refractivity contribution in [3.8, 4) is 0 Å². The second-order valence-corrected chi connectivity index (χ2v) is 4.22. The zero-order chi connectivity index (χ0) is 13.8. The van der Waals surface area contributed by atoms with Gasteiger partial charge in [-0.15, -0.1) is 0 Å². The van der Waals surface area contributed by atoms with Crippen molar-refractivity contribution in [3.63, 3.8) is 0 Å². The quantitative estimate of drug-likeness (QED) is 0.680. The van der Waals surface area contributed by atoms with Crippen molar-refractivity contribution in [3.05, 3.63) is 59.2 Å². The van der Waals surface area contributed by atoms with Crippen LogP contribution in [0.15, 0.2) is 36.7 Å². The highest BCUT2D eigenvalue weighted by molar-refractivity contribution is 5.90. The second-order valence-electron chi connectivity index (χ2n) is 4.22. The zero-order valence-corrected chi connectivity index (χ0v) is 10.4. The number of halogens is 1. The molecule has 2 aromatic rings. The zero-order valence-electron chi connectivity index (χ0n) is 10.4. The average Bonchev–Trinajstić information content (AvgIpc) is 2.35. The number of nitrogens with zero attached hydrogens (tertiary/aromatic N) is 1. The number of aromatic nitrogens is 1. The molecule has 0 aliphatic rings. The molecule has 0 bridgehead atoms. The molecule has 19 heavy (non-hydrogen) atoms. The highest BCUT2D eigenvalue weighted by atomic mass is 19.1. The molecule has 0 saturated heterocycles. The van der Waals surface area contributed by atoms with Crippen LogP contribution in [-0.4, -0.2) is 11.0 Å². The van der Waals surface area contributed by atoms with Crippen molar-refractivity contribution in [2.45, 2.75) is 13.5 Å². The Morgan fingerprint density at radius 3 is 2.79 bits per heavy atom. The summed E-state index contributed by atoms with van der Waals surface area (Å²) >= 11 is 0. The van der Waals surface area contributed by atoms with Crippen molar-refractivity contribution < 1.29 is 13.9 Å². The van der Waals surface area contributed by atoms with E-state index >= 15 is 0 Å². The lowest BCUT2D eigenvalue weighted by atomic mass is 10.2. The molecular weight excluding hydrogens is 247 g/mol. The van der Waals surface area contributed by atoms with E-state index in [1.165, 1.54) is 6.07 Å². The molecule has 0 atom stereocenters. The molecule has 0 aliphatic carbocycles. The molecule has 0 aliphatic heterocycles. The van der Waals surface area contributed by atoms with Crippen LogP contribution in [0.5, 0.6) is 0 Å². The molecule has 0 unspecified atom stereocenters. The first-order valence-corrected chi connectivity index (χ1v) is 5.68. The Hall–Kier alpha value is -2.43. The third-order valence-corrected chi connectivity index (χ3v) is 2.46. The summed E-state index contributed by atoms with van der Waals surface area (Å²) in [6.07, 6.45) is 3.32. The maximum Gasteiger partial charge on any atom is 0.338 e. The number of nitrogens with two attached hydrogens (primary N) is 1. The largest absolute Gasteiger partial charge is 0.457 e. The van der Waals surface area contributed by atoms with E-state index in [-0.39, 0.29) is 17.9 Å². The third kappa shape index (κ3) is 3.51. The fourth-order valence-electron chi connectivity index (χ4n) is 1.66. The van der Waals surface area contributed by atoms with Gasteiger partial charge in [0.2, 0.25) is 0 Å². The summed E-state index contributed by atoms with van der Waals surface area (Å²) in [4.78, 5) is 15.7. The smallest absolute Gasteiger partial charge is 0.338 e. The lowest BCUT2D eigenvalue weighted by molar-refractivity contribution is 0.0472. The minimum absolute atomic E-state index is 0.0872. The van der Waals surface area contributed by atoms with Crippen LogP contribution in [0.1, 0.15) is 21.5 Å². The van der Waals surface area contributed by atoms with Crippen LogP contribution in [0.4, 0.5) is 10.1 Å². The molecule has 2 rings (SSSR count). The van der Waals surface area contributed by atoms with Gasteiger partial charge in [-0.1, -0.05) is 0 Å². The lowest BCUT2D eigenvalue weighted by Crippen LogP contribution is -2.06. The predicted molar refractivity (Wildman–Crippen MR) is 68.9 cm³/mol. The molecule has 5 heteroatoms. The topological polar surface area (TPSA) is 65.2 Å². The predicted octanol–water partition coefficient (Wildman–Crippen LogP) is 2.47. The van der Waals surface area contributed by atoms with E-state index < -0.39 is 11.8 Å². The number of aryl methyl sites for hydroxylation is 1. The molecule has 1 aromatic carbocycles. The molecule has 1 heterocycles. The number of nitrogen functional groups attached to an aromatic ring is 1. The molecule has 2 N–H and O–H groups in total. The maximum atomic E-state index is 13.1. The number of ether oxygens (including phenoxy) is 1. The minimum atomic E-state index is -0.618. The van der Waals surface area contributed by atoms with Crippen molar-refractivity contribution in [1.82, 2.24) is 4.98 Å². The van der Waals surface area contributed by atoms with Gasteiger partial charge in [0.1, 0.15) is 12.4 Å². The highest BCUT2D eigenvalue weighted by Gasteiger charge is 2.10. The summed E-state index contributed by atoms with van der Waals surface area (Å²) in [5.74, 6) is -1.18. The Labute approximate surface area is 110 Å². The summed E-state index contributed by atoms with van der Waals surface area (Å²) in [5.41, 5.74) is 7.50. The second kappa shape index (κ2) is 5.48. The van der Waals surface area contributed by atoms with E-state index in [4.69, 9.17) is 10.5 Å². The molecular formula is C14H13FN2O2. The normalized spacial score (nSPS) is 10.2. The van der Waals surface area contributed by atoms with Gasteiger partial charge in [0.25, 0.3) is 0 Å². The van der Waals surface area contributed by atoms with Crippen molar-refractivity contribution in [2.75, 3.05) is 5.73 Å². The molecule has 0 amide bonds. The summed E-state index contributed by atoms with van der Waals surface area (Å²) in [6, 6.07) is 5.47. The number of carbonyl (C=O) groups excluding carboxylic acids is 1. The van der Waals surface area contributed by atoms with Gasteiger partial charge in [0, 0.05) is 23.6 Å². The molecule has 0 saturated carbocycles. The van der Waals surface area contributed by atoms with E-state index in [0.29, 0.717) is 0 Å². The molecule has 0 radical (unpaired) electrons. The van der Waals surface area contributed by atoms with Crippen molar-refractivity contribution in [1.29, 1.82) is 0 Å². The summed E-state index contributed by atoms with van der Waals surface area (Å²) < 4.78 is 18.2. The highest BCUT2D eigenvalue weighted by Crippen LogP contribution is 2.13. The summed E-state index contributed by atoms with van der Waals surface area (Å²) in [6.45, 7) is 1.98. The first-order chi connectivity index (χ1) is 9.04. The Morgan fingerprint density at radius 1 is 1.32 bits per heavy atom. The molecule has 4 nitrogen and oxygen atoms in total. The van der Waals surface area contributed by atoms with Gasteiger partial charge >= 0.3 is 5.97 Å². The van der Waals surface area contributed by atoms with E-state index in [0.717, 1.165) is 23.3 Å². The number of pyridine rings is 1. The van der Waals surface area contributed by atoms with E-state index in [1.807, 2.05) is 13.0 Å². The Balaban J connectivity index is 2.05. The van der Waals surface area contributed by atoms with Crippen molar-refractivity contribution in [2.24, 2.45) is 0 Å². The van der Waals surface area contributed by atoms with Gasteiger partial charge in [0.15, 0.2) is 0 Å². The van der Waals surface area contributed by atoms with Crippen LogP contribution < -0.4 is 5.73 Å². The van der Waals surface area contributed by atoms with Gasteiger partial charge in [-0.25, -0.2) is 9.18 Å². The number of anilines is 1. The Kier molecular flexibility index (Phi) is 3.75. The van der Waals surface area contributed by atoms with Crippen molar-refractivity contribution >= 4 is 11.7 Å². The molecule has 0 fully saturated rings. The molecule has 1 aromatic heterocycles. The van der Waals surface area contributed by atoms with E-state index in [1.54, 1.807) is 12.4 Å². The lowest BCUT2D eigenvalue weighted by Gasteiger charge is -2.06. The van der Waals surface area contributed by atoms with Crippen LogP contribution in [0.25, 0.3) is 0 Å². The summed E-state index contributed by atoms with van der Waals surface area (Å²) in [7, 11) is 0. The number of benzene rings is 1. The van der Waals surface area contributed by atoms with E-state index in [9.17, 15) is 9.18 Å². The fraction of sp³-hybridized carbons (Fsp3) is 0.143. The van der Waals surface area contributed by atoms with Crippen LogP contribution >= 0.6 is 0 Å². The summed E-state index contributed by atoms with van der Waals surface area (Å²) in [5, 5.41) is 0. The molecule has 98 valence electrons. The first kappa shape index (κ1) is 13.0. The standard InChI is InChI=1S/C14H13FN2O2/c1-9-2-10(7-17-6-9)8-19-14(18)11-3-12(15)5-13(16)4-11/h2-7H,8,16H2,1H3.